The van der Waals surface area contributed by atoms with Gasteiger partial charge in [0.1, 0.15) is 22.3 Å². The molecule has 4 nitrogen and oxygen atoms in total. The van der Waals surface area contributed by atoms with Crippen molar-refractivity contribution in [2.45, 2.75) is 25.5 Å². The number of ether oxygens (including phenoxy) is 1. The number of hydrogen-bond donors (Lipinski definition) is 0. The van der Waals surface area contributed by atoms with Crippen LogP contribution >= 0.6 is 11.3 Å². The molecule has 1 fully saturated rings. The molecule has 3 heterocycles. The fraction of sp³-hybridized carbons (Fsp3) is 0.261. The van der Waals surface area contributed by atoms with Gasteiger partial charge >= 0.3 is 0 Å². The predicted molar refractivity (Wildman–Crippen MR) is 113 cm³/mol. The van der Waals surface area contributed by atoms with Gasteiger partial charge in [0.25, 0.3) is 0 Å². The quantitative estimate of drug-likeness (QED) is 0.584. The van der Waals surface area contributed by atoms with Crippen LogP contribution in [0.5, 0.6) is 0 Å². The van der Waals surface area contributed by atoms with E-state index < -0.39 is 0 Å². The van der Waals surface area contributed by atoms with Crippen LogP contribution < -0.4 is 0 Å². The van der Waals surface area contributed by atoms with Crippen molar-refractivity contribution in [1.82, 2.24) is 10.1 Å². The topological polar surface area (TPSA) is 38.5 Å². The maximum absolute atomic E-state index is 6.36. The van der Waals surface area contributed by atoms with Crippen molar-refractivity contribution >= 4 is 27.2 Å². The van der Waals surface area contributed by atoms with Crippen LogP contribution in [0.1, 0.15) is 24.1 Å². The molecule has 1 aliphatic carbocycles. The second kappa shape index (κ2) is 7.78. The highest BCUT2D eigenvalue weighted by Gasteiger charge is 2.25. The molecule has 0 radical (unpaired) electrons. The van der Waals surface area contributed by atoms with E-state index in [1.807, 2.05) is 11.4 Å². The molecular formula is C23H22N2O2S. The van der Waals surface area contributed by atoms with Gasteiger partial charge in [0.15, 0.2) is 5.58 Å². The fourth-order valence-corrected chi connectivity index (χ4v) is 4.66. The van der Waals surface area contributed by atoms with Crippen molar-refractivity contribution < 1.29 is 9.26 Å². The Labute approximate surface area is 168 Å². The molecule has 1 aliphatic heterocycles. The average molecular weight is 391 g/mol. The molecule has 0 spiro atoms. The summed E-state index contributed by atoms with van der Waals surface area (Å²) in [6.07, 6.45) is 10.5. The van der Waals surface area contributed by atoms with Crippen LogP contribution in [0.4, 0.5) is 0 Å². The van der Waals surface area contributed by atoms with Gasteiger partial charge in [-0.3, -0.25) is 4.90 Å². The van der Waals surface area contributed by atoms with Gasteiger partial charge in [0.2, 0.25) is 0 Å². The lowest BCUT2D eigenvalue weighted by atomic mass is 10.1. The summed E-state index contributed by atoms with van der Waals surface area (Å²) in [6, 6.07) is 12.6. The molecule has 1 unspecified atom stereocenters. The molecule has 2 aliphatic rings. The van der Waals surface area contributed by atoms with E-state index in [-0.39, 0.29) is 6.10 Å². The molecule has 142 valence electrons. The summed E-state index contributed by atoms with van der Waals surface area (Å²) in [5.74, 6) is 0.906. The first-order chi connectivity index (χ1) is 13.8. The summed E-state index contributed by atoms with van der Waals surface area (Å²) in [5, 5.41) is 6.33. The Bertz CT molecular complexity index is 1040. The van der Waals surface area contributed by atoms with Crippen molar-refractivity contribution in [3.05, 3.63) is 83.1 Å². The molecule has 1 atom stereocenters. The number of likely N-dealkylation sites (tertiary alicyclic amines) is 1. The van der Waals surface area contributed by atoms with Crippen LogP contribution in [0.15, 0.2) is 76.4 Å². The molecule has 0 saturated carbocycles. The molecule has 1 aromatic carbocycles. The molecule has 3 aromatic rings. The summed E-state index contributed by atoms with van der Waals surface area (Å²) in [4.78, 5) is 2.46. The summed E-state index contributed by atoms with van der Waals surface area (Å²) >= 11 is 1.67. The van der Waals surface area contributed by atoms with Gasteiger partial charge in [-0.05, 0) is 47.6 Å². The highest BCUT2D eigenvalue weighted by molar-refractivity contribution is 7.17. The second-order valence-electron chi connectivity index (χ2n) is 7.27. The minimum Gasteiger partial charge on any atom is -0.489 e. The van der Waals surface area contributed by atoms with Crippen LogP contribution in [0.3, 0.4) is 0 Å². The average Bonchev–Trinajstić information content (AvgIpc) is 3.39. The first-order valence-corrected chi connectivity index (χ1v) is 10.6. The summed E-state index contributed by atoms with van der Waals surface area (Å²) in [5.41, 5.74) is 4.28. The number of benzene rings is 1. The van der Waals surface area contributed by atoms with Gasteiger partial charge < -0.3 is 9.26 Å². The molecule has 1 saturated heterocycles. The number of allylic oxidation sites excluding steroid dienone is 5. The molecule has 5 heteroatoms. The smallest absolute Gasteiger partial charge is 0.178 e. The number of nitrogens with zero attached hydrogens (tertiary/aromatic N) is 2. The minimum absolute atomic E-state index is 0.220. The normalized spacial score (nSPS) is 20.2. The van der Waals surface area contributed by atoms with E-state index in [4.69, 9.17) is 9.26 Å². The molecule has 28 heavy (non-hydrogen) atoms. The maximum Gasteiger partial charge on any atom is 0.178 e. The minimum atomic E-state index is 0.220. The first-order valence-electron chi connectivity index (χ1n) is 9.69. The third-order valence-corrected chi connectivity index (χ3v) is 6.12. The Morgan fingerprint density at radius 2 is 2.14 bits per heavy atom. The van der Waals surface area contributed by atoms with E-state index >= 15 is 0 Å². The van der Waals surface area contributed by atoms with Crippen molar-refractivity contribution in [3.8, 4) is 0 Å². The molecule has 2 aromatic heterocycles. The number of aromatic nitrogens is 1. The van der Waals surface area contributed by atoms with Crippen molar-refractivity contribution in [2.24, 2.45) is 0 Å². The van der Waals surface area contributed by atoms with Crippen LogP contribution in [0.2, 0.25) is 0 Å². The van der Waals surface area contributed by atoms with Gasteiger partial charge in [-0.15, -0.1) is 11.3 Å². The molecule has 0 bridgehead atoms. The molecule has 0 N–H and O–H groups in total. The maximum atomic E-state index is 6.36. The van der Waals surface area contributed by atoms with Gasteiger partial charge in [0, 0.05) is 19.6 Å². The van der Waals surface area contributed by atoms with E-state index in [0.29, 0.717) is 0 Å². The number of hydrogen-bond acceptors (Lipinski definition) is 5. The monoisotopic (exact) mass is 390 g/mol. The molecule has 5 rings (SSSR count). The Balaban J connectivity index is 1.28. The van der Waals surface area contributed by atoms with Crippen molar-refractivity contribution in [1.29, 1.82) is 0 Å². The Morgan fingerprint density at radius 3 is 3.07 bits per heavy atom. The van der Waals surface area contributed by atoms with E-state index in [2.05, 4.69) is 64.7 Å². The number of thiophene rings is 1. The third kappa shape index (κ3) is 3.68. The second-order valence-corrected chi connectivity index (χ2v) is 8.18. The van der Waals surface area contributed by atoms with Gasteiger partial charge in [-0.25, -0.2) is 0 Å². The lowest BCUT2D eigenvalue weighted by Gasteiger charge is -2.17. The van der Waals surface area contributed by atoms with Gasteiger partial charge in [0.05, 0.1) is 0 Å². The Kier molecular flexibility index (Phi) is 4.85. The fourth-order valence-electron chi connectivity index (χ4n) is 3.83. The SMILES string of the molecule is C1=CCC(c2noc3ccsc23)=CC(OC2CCN(Cc3ccccc3)C2)=C1. The molecular weight excluding hydrogens is 368 g/mol. The Hall–Kier alpha value is -2.63. The Morgan fingerprint density at radius 1 is 1.21 bits per heavy atom. The highest BCUT2D eigenvalue weighted by Crippen LogP contribution is 2.33. The summed E-state index contributed by atoms with van der Waals surface area (Å²) in [6.45, 7) is 3.01. The zero-order valence-corrected chi connectivity index (χ0v) is 16.4. The lowest BCUT2D eigenvalue weighted by Crippen LogP contribution is -2.22. The first kappa shape index (κ1) is 17.5. The van der Waals surface area contributed by atoms with Crippen LogP contribution in [0.25, 0.3) is 15.9 Å². The largest absolute Gasteiger partial charge is 0.489 e. The highest BCUT2D eigenvalue weighted by atomic mass is 32.1. The van der Waals surface area contributed by atoms with E-state index in [1.54, 1.807) is 11.3 Å². The zero-order chi connectivity index (χ0) is 18.8. The standard InChI is InChI=1S/C23H22N2O2S/c1-2-6-17(7-3-1)15-25-12-10-20(16-25)26-19-9-5-4-8-18(14-19)22-23-21(27-24-22)11-13-28-23/h1-7,9,11,13-14,20H,8,10,12,15-16H2. The van der Waals surface area contributed by atoms with Crippen LogP contribution in [0, 0.1) is 0 Å². The van der Waals surface area contributed by atoms with E-state index in [9.17, 15) is 0 Å². The van der Waals surface area contributed by atoms with Gasteiger partial charge in [-0.2, -0.15) is 0 Å². The van der Waals surface area contributed by atoms with Gasteiger partial charge in [-0.1, -0.05) is 47.6 Å². The predicted octanol–water partition coefficient (Wildman–Crippen LogP) is 5.41. The van der Waals surface area contributed by atoms with E-state index in [0.717, 1.165) is 59.8 Å². The number of fused-ring (bicyclic) bond motifs is 1. The zero-order valence-electron chi connectivity index (χ0n) is 15.6. The lowest BCUT2D eigenvalue weighted by molar-refractivity contribution is 0.128. The summed E-state index contributed by atoms with van der Waals surface area (Å²) < 4.78 is 12.9. The molecule has 0 amide bonds. The van der Waals surface area contributed by atoms with Crippen LogP contribution in [-0.2, 0) is 11.3 Å². The number of rotatable bonds is 5. The van der Waals surface area contributed by atoms with Crippen LogP contribution in [-0.4, -0.2) is 29.3 Å². The van der Waals surface area contributed by atoms with Crippen molar-refractivity contribution in [3.63, 3.8) is 0 Å². The van der Waals surface area contributed by atoms with E-state index in [1.165, 1.54) is 5.56 Å². The van der Waals surface area contributed by atoms with Crippen molar-refractivity contribution in [2.75, 3.05) is 13.1 Å². The third-order valence-electron chi connectivity index (χ3n) is 5.22. The summed E-state index contributed by atoms with van der Waals surface area (Å²) in [7, 11) is 0.